The highest BCUT2D eigenvalue weighted by Gasteiger charge is 2.25. The lowest BCUT2D eigenvalue weighted by Gasteiger charge is -2.27. The first-order valence-corrected chi connectivity index (χ1v) is 8.60. The number of aliphatic hydroxyl groups is 1. The van der Waals surface area contributed by atoms with E-state index < -0.39 is 6.10 Å². The van der Waals surface area contributed by atoms with Gasteiger partial charge in [0.1, 0.15) is 5.82 Å². The number of rotatable bonds is 5. The van der Waals surface area contributed by atoms with Gasteiger partial charge in [0.2, 0.25) is 0 Å². The number of halogens is 1. The summed E-state index contributed by atoms with van der Waals surface area (Å²) in [5.41, 5.74) is 3.03. The third-order valence-electron chi connectivity index (χ3n) is 4.90. The van der Waals surface area contributed by atoms with Crippen LogP contribution in [0.25, 0.3) is 0 Å². The van der Waals surface area contributed by atoms with Gasteiger partial charge in [-0.05, 0) is 55.4 Å². The molecule has 0 spiro atoms. The van der Waals surface area contributed by atoms with Gasteiger partial charge < -0.3 is 5.11 Å². The highest BCUT2D eigenvalue weighted by atomic mass is 19.1. The van der Waals surface area contributed by atoms with Crippen LogP contribution in [-0.2, 0) is 12.8 Å². The Morgan fingerprint density at radius 1 is 1.04 bits per heavy atom. The van der Waals surface area contributed by atoms with Crippen LogP contribution in [0.2, 0.25) is 0 Å². The van der Waals surface area contributed by atoms with E-state index in [0.717, 1.165) is 42.5 Å². The monoisotopic (exact) mass is 313 g/mol. The molecule has 1 heterocycles. The maximum absolute atomic E-state index is 13.0. The van der Waals surface area contributed by atoms with E-state index in [1.807, 2.05) is 24.3 Å². The molecule has 3 rings (SSSR count). The molecule has 122 valence electrons. The number of hydrogen-bond donors (Lipinski definition) is 1. The van der Waals surface area contributed by atoms with Gasteiger partial charge in [0.05, 0.1) is 6.10 Å². The summed E-state index contributed by atoms with van der Waals surface area (Å²) in [6.45, 7) is 0. The molecule has 3 heteroatoms. The Kier molecular flexibility index (Phi) is 5.39. The summed E-state index contributed by atoms with van der Waals surface area (Å²) in [5.74, 6) is 0.150. The lowest BCUT2D eigenvalue weighted by atomic mass is 9.82. The van der Waals surface area contributed by atoms with Crippen molar-refractivity contribution in [3.05, 3.63) is 65.2 Å². The van der Waals surface area contributed by atoms with Gasteiger partial charge in [-0.15, -0.1) is 0 Å². The average molecular weight is 313 g/mol. The summed E-state index contributed by atoms with van der Waals surface area (Å²) in [6.07, 6.45) is 8.88. The van der Waals surface area contributed by atoms with Crippen LogP contribution in [0.4, 0.5) is 4.39 Å². The normalized spacial score (nSPS) is 17.1. The molecule has 1 aromatic heterocycles. The molecule has 1 aromatic carbocycles. The van der Waals surface area contributed by atoms with Crippen LogP contribution in [0.5, 0.6) is 0 Å². The first-order chi connectivity index (χ1) is 11.2. The van der Waals surface area contributed by atoms with E-state index in [4.69, 9.17) is 0 Å². The molecular weight excluding hydrogens is 289 g/mol. The number of aromatic nitrogens is 1. The minimum atomic E-state index is -0.410. The number of nitrogens with zero attached hydrogens (tertiary/aromatic N) is 1. The molecule has 1 fully saturated rings. The van der Waals surface area contributed by atoms with E-state index in [1.54, 1.807) is 6.20 Å². The van der Waals surface area contributed by atoms with E-state index in [0.29, 0.717) is 5.92 Å². The number of aryl methyl sites for hydroxylation is 2. The largest absolute Gasteiger partial charge is 0.388 e. The van der Waals surface area contributed by atoms with E-state index in [2.05, 4.69) is 4.98 Å². The molecule has 1 aliphatic rings. The Bertz CT molecular complexity index is 620. The van der Waals surface area contributed by atoms with Gasteiger partial charge in [-0.3, -0.25) is 4.98 Å². The molecule has 0 amide bonds. The topological polar surface area (TPSA) is 33.1 Å². The van der Waals surface area contributed by atoms with Crippen molar-refractivity contribution in [2.75, 3.05) is 0 Å². The number of hydrogen-bond acceptors (Lipinski definition) is 2. The van der Waals surface area contributed by atoms with Crippen LogP contribution < -0.4 is 0 Å². The number of aliphatic hydroxyl groups excluding tert-OH is 1. The molecule has 1 N–H and O–H groups in total. The Morgan fingerprint density at radius 3 is 2.52 bits per heavy atom. The van der Waals surface area contributed by atoms with Crippen molar-refractivity contribution in [1.29, 1.82) is 0 Å². The predicted octanol–water partition coefficient (Wildman–Crippen LogP) is 4.62. The van der Waals surface area contributed by atoms with E-state index in [9.17, 15) is 9.50 Å². The minimum absolute atomic E-state index is 0.208. The number of pyridine rings is 1. The van der Waals surface area contributed by atoms with Crippen molar-refractivity contribution in [1.82, 2.24) is 4.98 Å². The van der Waals surface area contributed by atoms with Gasteiger partial charge in [-0.2, -0.15) is 0 Å². The average Bonchev–Trinajstić information content (AvgIpc) is 2.62. The third-order valence-corrected chi connectivity index (χ3v) is 4.90. The van der Waals surface area contributed by atoms with E-state index in [-0.39, 0.29) is 5.82 Å². The molecule has 1 aliphatic carbocycles. The standard InChI is InChI=1S/C20H24FNO/c21-17-11-8-15(9-12-17)10-13-19-18(7-4-14-22-19)20(23)16-5-2-1-3-6-16/h4,7-9,11-12,14,16,20,23H,1-3,5-6,10,13H2. The van der Waals surface area contributed by atoms with Gasteiger partial charge in [0.25, 0.3) is 0 Å². The van der Waals surface area contributed by atoms with Crippen LogP contribution >= 0.6 is 0 Å². The first kappa shape index (κ1) is 16.1. The molecule has 1 unspecified atom stereocenters. The Labute approximate surface area is 137 Å². The fourth-order valence-electron chi connectivity index (χ4n) is 3.55. The SMILES string of the molecule is OC(c1cccnc1CCc1ccc(F)cc1)C1CCCCC1. The van der Waals surface area contributed by atoms with Crippen molar-refractivity contribution < 1.29 is 9.50 Å². The second-order valence-corrected chi connectivity index (χ2v) is 6.51. The molecule has 23 heavy (non-hydrogen) atoms. The maximum atomic E-state index is 13.0. The quantitative estimate of drug-likeness (QED) is 0.873. The molecule has 2 aromatic rings. The van der Waals surface area contributed by atoms with Crippen molar-refractivity contribution in [3.8, 4) is 0 Å². The molecule has 2 nitrogen and oxygen atoms in total. The highest BCUT2D eigenvalue weighted by molar-refractivity contribution is 5.25. The van der Waals surface area contributed by atoms with E-state index in [1.165, 1.54) is 31.4 Å². The lowest BCUT2D eigenvalue weighted by Crippen LogP contribution is -2.18. The van der Waals surface area contributed by atoms with Crippen molar-refractivity contribution in [2.45, 2.75) is 51.0 Å². The molecule has 0 saturated heterocycles. The molecule has 1 atom stereocenters. The summed E-state index contributed by atoms with van der Waals surface area (Å²) in [5, 5.41) is 10.8. The van der Waals surface area contributed by atoms with Crippen molar-refractivity contribution in [2.24, 2.45) is 5.92 Å². The molecule has 0 aliphatic heterocycles. The zero-order valence-corrected chi connectivity index (χ0v) is 13.4. The fraction of sp³-hybridized carbons (Fsp3) is 0.450. The minimum Gasteiger partial charge on any atom is -0.388 e. The first-order valence-electron chi connectivity index (χ1n) is 8.60. The smallest absolute Gasteiger partial charge is 0.123 e. The van der Waals surface area contributed by atoms with Gasteiger partial charge in [0.15, 0.2) is 0 Å². The maximum Gasteiger partial charge on any atom is 0.123 e. The zero-order valence-electron chi connectivity index (χ0n) is 13.4. The second-order valence-electron chi connectivity index (χ2n) is 6.51. The molecule has 0 radical (unpaired) electrons. The summed E-state index contributed by atoms with van der Waals surface area (Å²) in [4.78, 5) is 4.49. The molecular formula is C20H24FNO. The van der Waals surface area contributed by atoms with Gasteiger partial charge in [0, 0.05) is 17.5 Å². The van der Waals surface area contributed by atoms with E-state index >= 15 is 0 Å². The predicted molar refractivity (Wildman–Crippen MR) is 89.6 cm³/mol. The summed E-state index contributed by atoms with van der Waals surface area (Å²) in [7, 11) is 0. The zero-order chi connectivity index (χ0) is 16.1. The van der Waals surface area contributed by atoms with Crippen molar-refractivity contribution in [3.63, 3.8) is 0 Å². The van der Waals surface area contributed by atoms with Gasteiger partial charge in [-0.25, -0.2) is 4.39 Å². The molecule has 0 bridgehead atoms. The van der Waals surface area contributed by atoms with Gasteiger partial charge in [-0.1, -0.05) is 37.5 Å². The Balaban J connectivity index is 1.70. The summed E-state index contributed by atoms with van der Waals surface area (Å²) >= 11 is 0. The van der Waals surface area contributed by atoms with Crippen molar-refractivity contribution >= 4 is 0 Å². The summed E-state index contributed by atoms with van der Waals surface area (Å²) in [6, 6.07) is 10.5. The van der Waals surface area contributed by atoms with Crippen LogP contribution in [0.15, 0.2) is 42.6 Å². The molecule has 1 saturated carbocycles. The van der Waals surface area contributed by atoms with Crippen LogP contribution in [0.1, 0.15) is 55.0 Å². The lowest BCUT2D eigenvalue weighted by molar-refractivity contribution is 0.0837. The Hall–Kier alpha value is -1.74. The summed E-state index contributed by atoms with van der Waals surface area (Å²) < 4.78 is 13.0. The van der Waals surface area contributed by atoms with Crippen LogP contribution in [-0.4, -0.2) is 10.1 Å². The third kappa shape index (κ3) is 4.17. The van der Waals surface area contributed by atoms with Crippen LogP contribution in [0.3, 0.4) is 0 Å². The highest BCUT2D eigenvalue weighted by Crippen LogP contribution is 2.35. The number of benzene rings is 1. The second kappa shape index (κ2) is 7.69. The van der Waals surface area contributed by atoms with Gasteiger partial charge >= 0.3 is 0 Å². The van der Waals surface area contributed by atoms with Crippen LogP contribution in [0, 0.1) is 11.7 Å². The Morgan fingerprint density at radius 2 is 1.78 bits per heavy atom. The fourth-order valence-corrected chi connectivity index (χ4v) is 3.55.